The Kier molecular flexibility index (Phi) is 6.42. The Morgan fingerprint density at radius 3 is 2.50 bits per heavy atom. The predicted octanol–water partition coefficient (Wildman–Crippen LogP) is 4.42. The molecule has 9 heteroatoms. The van der Waals surface area contributed by atoms with Gasteiger partial charge in [-0.05, 0) is 49.8 Å². The Morgan fingerprint density at radius 2 is 1.81 bits per heavy atom. The summed E-state index contributed by atoms with van der Waals surface area (Å²) in [6.45, 7) is 5.53. The molecule has 0 saturated heterocycles. The maximum Gasteiger partial charge on any atom is 0.430 e. The van der Waals surface area contributed by atoms with E-state index in [1.54, 1.807) is 0 Å². The van der Waals surface area contributed by atoms with Crippen LogP contribution < -0.4 is 19.7 Å². The Balaban J connectivity index is 0.000000318. The summed E-state index contributed by atoms with van der Waals surface area (Å²) in [6, 6.07) is 17.5. The van der Waals surface area contributed by atoms with E-state index in [2.05, 4.69) is 72.3 Å². The van der Waals surface area contributed by atoms with Crippen molar-refractivity contribution in [3.63, 3.8) is 0 Å². The monoisotopic (exact) mass is 466 g/mol. The Labute approximate surface area is 188 Å². The fourth-order valence-corrected chi connectivity index (χ4v) is 5.67. The van der Waals surface area contributed by atoms with Gasteiger partial charge in [-0.25, -0.2) is 4.57 Å². The van der Waals surface area contributed by atoms with E-state index in [9.17, 15) is 13.2 Å². The van der Waals surface area contributed by atoms with Crippen molar-refractivity contribution in [3.05, 3.63) is 54.1 Å². The lowest BCUT2D eigenvalue weighted by Crippen LogP contribution is -2.62. The summed E-state index contributed by atoms with van der Waals surface area (Å²) < 4.78 is 41.4. The van der Waals surface area contributed by atoms with Gasteiger partial charge in [0.2, 0.25) is 0 Å². The van der Waals surface area contributed by atoms with Gasteiger partial charge in [-0.3, -0.25) is 5.32 Å². The van der Waals surface area contributed by atoms with Crippen LogP contribution in [0.1, 0.15) is 39.3 Å². The van der Waals surface area contributed by atoms with Crippen LogP contribution in [0.25, 0.3) is 10.2 Å². The zero-order valence-corrected chi connectivity index (χ0v) is 17.7. The van der Waals surface area contributed by atoms with Gasteiger partial charge < -0.3 is 14.6 Å². The summed E-state index contributed by atoms with van der Waals surface area (Å²) in [4.78, 5) is 8.78. The zero-order valence-electron chi connectivity index (χ0n) is 16.9. The topological polar surface area (TPSA) is 65.3 Å². The molecule has 0 bridgehead atoms. The lowest BCUT2D eigenvalue weighted by molar-refractivity contribution is -0.733. The quantitative estimate of drug-likeness (QED) is 0.498. The molecule has 2 atom stereocenters. The van der Waals surface area contributed by atoms with Gasteiger partial charge in [0.15, 0.2) is 0 Å². The van der Waals surface area contributed by atoms with Gasteiger partial charge in [-0.15, -0.1) is 0 Å². The number of fused-ring (bicyclic) bond motifs is 6. The Bertz CT molecular complexity index is 1130. The maximum absolute atomic E-state index is 10.5. The van der Waals surface area contributed by atoms with E-state index in [-0.39, 0.29) is 13.0 Å². The molecule has 0 radical (unpaired) electrons. The number of nitrogens with one attached hydrogen (secondary N) is 1. The van der Waals surface area contributed by atoms with Gasteiger partial charge in [0, 0.05) is 5.56 Å². The summed E-state index contributed by atoms with van der Waals surface area (Å²) >= 11 is 1.85. The molecule has 172 valence electrons. The average Bonchev–Trinajstić information content (AvgIpc) is 2.98. The van der Waals surface area contributed by atoms with Crippen molar-refractivity contribution in [2.45, 2.75) is 45.5 Å². The smallest absolute Gasteiger partial charge is 0.430 e. The second kappa shape index (κ2) is 8.61. The number of ether oxygens (including phenoxy) is 1. The predicted molar refractivity (Wildman–Crippen MR) is 116 cm³/mol. The molecular formula is C23H25F3N2O3S. The molecular weight excluding hydrogens is 441 g/mol. The number of hydrogen-bond acceptors (Lipinski definition) is 5. The average molecular weight is 467 g/mol. The van der Waals surface area contributed by atoms with E-state index >= 15 is 0 Å². The summed E-state index contributed by atoms with van der Waals surface area (Å²) in [5.74, 6) is -1.49. The molecule has 0 amide bonds. The number of carbonyl (C=O) groups excluding carboxylic acids is 1. The highest BCUT2D eigenvalue weighted by Gasteiger charge is 2.51. The molecule has 3 heterocycles. The van der Waals surface area contributed by atoms with Crippen LogP contribution in [0.15, 0.2) is 48.5 Å². The van der Waals surface area contributed by atoms with E-state index in [1.807, 2.05) is 11.3 Å². The molecule has 5 nitrogen and oxygen atoms in total. The molecule has 2 aliphatic rings. The zero-order chi connectivity index (χ0) is 22.4. The number of aliphatic carboxylic acids is 1. The van der Waals surface area contributed by atoms with E-state index in [1.165, 1.54) is 20.9 Å². The lowest BCUT2D eigenvalue weighted by Gasteiger charge is -2.39. The first kappa shape index (κ1) is 23.8. The largest absolute Gasteiger partial charge is 0.542 e. The molecule has 5 rings (SSSR count). The fourth-order valence-electron chi connectivity index (χ4n) is 4.44. The highest BCUT2D eigenvalue weighted by atomic mass is 32.1. The summed E-state index contributed by atoms with van der Waals surface area (Å²) in [5, 5.41) is 13.9. The van der Waals surface area contributed by atoms with E-state index in [0.29, 0.717) is 12.0 Å². The van der Waals surface area contributed by atoms with Crippen LogP contribution in [-0.2, 0) is 10.3 Å². The highest BCUT2D eigenvalue weighted by molar-refractivity contribution is 7.21. The Hall–Kier alpha value is -2.81. The molecule has 2 aliphatic heterocycles. The van der Waals surface area contributed by atoms with Gasteiger partial charge in [0.1, 0.15) is 28.8 Å². The Morgan fingerprint density at radius 1 is 1.19 bits per heavy atom. The molecule has 32 heavy (non-hydrogen) atoms. The lowest BCUT2D eigenvalue weighted by atomic mass is 9.76. The van der Waals surface area contributed by atoms with Crippen molar-refractivity contribution in [3.8, 4) is 5.75 Å². The van der Waals surface area contributed by atoms with E-state index in [0.717, 1.165) is 18.8 Å². The fraction of sp³-hybridized carbons (Fsp3) is 0.391. The molecule has 0 unspecified atom stereocenters. The number of thiazole rings is 1. The van der Waals surface area contributed by atoms with Crippen LogP contribution in [0, 0.1) is 5.92 Å². The number of rotatable bonds is 0. The minimum absolute atomic E-state index is 0. The van der Waals surface area contributed by atoms with Crippen LogP contribution in [0.2, 0.25) is 0 Å². The number of alkyl halides is 3. The number of aromatic nitrogens is 1. The van der Waals surface area contributed by atoms with Crippen LogP contribution in [0.5, 0.6) is 5.75 Å². The van der Waals surface area contributed by atoms with Crippen LogP contribution in [-0.4, -0.2) is 18.8 Å². The third kappa shape index (κ3) is 4.13. The first-order chi connectivity index (χ1) is 14.6. The number of carboxylic acid groups (broad SMARTS) is 1. The van der Waals surface area contributed by atoms with Gasteiger partial charge in [0.25, 0.3) is 0 Å². The molecule has 1 aromatic heterocycles. The molecule has 3 aromatic rings. The molecule has 0 fully saturated rings. The number of anilines is 1. The number of halogens is 3. The molecule has 1 N–H and O–H groups in total. The van der Waals surface area contributed by atoms with Crippen molar-refractivity contribution in [1.29, 1.82) is 0 Å². The maximum atomic E-state index is 10.5. The van der Waals surface area contributed by atoms with Crippen molar-refractivity contribution >= 4 is 32.7 Å². The van der Waals surface area contributed by atoms with Gasteiger partial charge in [0.05, 0.1) is 17.2 Å². The number of carboxylic acids is 1. The SMILES string of the molecule is C.CC1(C)[C@H]2CCOc3ccccc3[C@H]2Nc2sc3ccccc3[n+]21.O=C([O-])C(F)(F)F. The van der Waals surface area contributed by atoms with E-state index in [4.69, 9.17) is 14.6 Å². The minimum atomic E-state index is -5.19. The number of nitrogens with zero attached hydrogens (tertiary/aromatic N) is 1. The van der Waals surface area contributed by atoms with Crippen molar-refractivity contribution < 1.29 is 32.4 Å². The van der Waals surface area contributed by atoms with Crippen molar-refractivity contribution in [2.24, 2.45) is 5.92 Å². The van der Waals surface area contributed by atoms with Crippen LogP contribution in [0.3, 0.4) is 0 Å². The number of hydrogen-bond donors (Lipinski definition) is 1. The number of benzene rings is 2. The normalized spacial score (nSPS) is 20.5. The third-order valence-corrected chi connectivity index (χ3v) is 6.91. The van der Waals surface area contributed by atoms with Crippen molar-refractivity contribution in [1.82, 2.24) is 0 Å². The summed E-state index contributed by atoms with van der Waals surface area (Å²) in [5.41, 5.74) is 2.65. The third-order valence-electron chi connectivity index (χ3n) is 5.85. The summed E-state index contributed by atoms with van der Waals surface area (Å²) in [7, 11) is 0. The highest BCUT2D eigenvalue weighted by Crippen LogP contribution is 2.47. The molecule has 0 aliphatic carbocycles. The minimum Gasteiger partial charge on any atom is -0.542 e. The van der Waals surface area contributed by atoms with E-state index < -0.39 is 12.1 Å². The van der Waals surface area contributed by atoms with Gasteiger partial charge in [-0.2, -0.15) is 13.2 Å². The second-order valence-electron chi connectivity index (χ2n) is 8.05. The van der Waals surface area contributed by atoms with Gasteiger partial charge >= 0.3 is 11.3 Å². The molecule has 0 saturated carbocycles. The standard InChI is InChI=1S/C20H20N2OS.C2HF3O2.CH4/c1-20(2)14-11-12-23-16-9-5-3-7-13(16)18(14)21-19-22(20)15-8-4-6-10-17(15)24-19;3-2(4,5)1(6)7;/h3-10,14,18H,11-12H2,1-2H3;(H,6,7);1H4/t14-,18+;;/m0../s1. The second-order valence-corrected chi connectivity index (χ2v) is 9.08. The number of carbonyl (C=O) groups is 1. The summed E-state index contributed by atoms with van der Waals surface area (Å²) in [6.07, 6.45) is -4.14. The van der Waals surface area contributed by atoms with Crippen LogP contribution >= 0.6 is 11.3 Å². The van der Waals surface area contributed by atoms with Crippen LogP contribution in [0.4, 0.5) is 18.3 Å². The van der Waals surface area contributed by atoms with Gasteiger partial charge in [-0.1, -0.05) is 37.8 Å². The first-order valence-corrected chi connectivity index (χ1v) is 10.6. The number of para-hydroxylation sites is 2. The molecule has 0 spiro atoms. The van der Waals surface area contributed by atoms with Crippen molar-refractivity contribution in [2.75, 3.05) is 11.9 Å². The first-order valence-electron chi connectivity index (χ1n) is 9.81. The molecule has 2 aromatic carbocycles.